The predicted molar refractivity (Wildman–Crippen MR) is 90.4 cm³/mol. The van der Waals surface area contributed by atoms with E-state index in [0.29, 0.717) is 25.7 Å². The molecule has 2 aliphatic rings. The number of carbonyl (C=O) groups is 1. The standard InChI is InChI=1S/C18H26N2O4/c1-19-8-9-24-17(12-19)18(21)20(14-4-5-14)11-13-10-15(22-2)6-7-16(13)23-3/h6-7,10,14,17H,4-5,8-9,11-12H2,1-3H3. The fourth-order valence-electron chi connectivity index (χ4n) is 3.07. The van der Waals surface area contributed by atoms with Crippen molar-refractivity contribution in [1.29, 1.82) is 0 Å². The highest BCUT2D eigenvalue weighted by molar-refractivity contribution is 5.82. The second-order valence-electron chi connectivity index (χ2n) is 6.50. The number of likely N-dealkylation sites (N-methyl/N-ethyl adjacent to an activating group) is 1. The van der Waals surface area contributed by atoms with E-state index in [1.165, 1.54) is 0 Å². The molecule has 1 aromatic carbocycles. The minimum atomic E-state index is -0.374. The van der Waals surface area contributed by atoms with Crippen molar-refractivity contribution >= 4 is 5.91 Å². The maximum absolute atomic E-state index is 13.0. The molecule has 0 aromatic heterocycles. The monoisotopic (exact) mass is 334 g/mol. The number of nitrogens with zero attached hydrogens (tertiary/aromatic N) is 2. The van der Waals surface area contributed by atoms with Crippen LogP contribution in [0.5, 0.6) is 11.5 Å². The second kappa shape index (κ2) is 7.40. The van der Waals surface area contributed by atoms with Crippen molar-refractivity contribution in [1.82, 2.24) is 9.80 Å². The number of carbonyl (C=O) groups excluding carboxylic acids is 1. The first-order valence-corrected chi connectivity index (χ1v) is 8.44. The molecule has 24 heavy (non-hydrogen) atoms. The molecule has 0 radical (unpaired) electrons. The Morgan fingerprint density at radius 2 is 2.12 bits per heavy atom. The largest absolute Gasteiger partial charge is 0.497 e. The van der Waals surface area contributed by atoms with Gasteiger partial charge in [0.2, 0.25) is 0 Å². The van der Waals surface area contributed by atoms with Crippen LogP contribution in [0.2, 0.25) is 0 Å². The molecule has 1 saturated carbocycles. The van der Waals surface area contributed by atoms with Crippen LogP contribution in [0.4, 0.5) is 0 Å². The van der Waals surface area contributed by atoms with Crippen molar-refractivity contribution in [3.63, 3.8) is 0 Å². The molecule has 1 heterocycles. The third kappa shape index (κ3) is 3.82. The van der Waals surface area contributed by atoms with Gasteiger partial charge in [-0.05, 0) is 38.1 Å². The Bertz CT molecular complexity index is 588. The number of methoxy groups -OCH3 is 2. The van der Waals surface area contributed by atoms with Crippen molar-refractivity contribution in [3.05, 3.63) is 23.8 Å². The van der Waals surface area contributed by atoms with E-state index in [2.05, 4.69) is 4.90 Å². The lowest BCUT2D eigenvalue weighted by atomic mass is 10.1. The Morgan fingerprint density at radius 1 is 1.33 bits per heavy atom. The Labute approximate surface area is 143 Å². The molecule has 0 N–H and O–H groups in total. The maximum atomic E-state index is 13.0. The zero-order chi connectivity index (χ0) is 17.1. The molecule has 1 amide bonds. The predicted octanol–water partition coefficient (Wildman–Crippen LogP) is 1.53. The van der Waals surface area contributed by atoms with Gasteiger partial charge in [0, 0.05) is 31.2 Å². The maximum Gasteiger partial charge on any atom is 0.253 e. The van der Waals surface area contributed by atoms with Gasteiger partial charge >= 0.3 is 0 Å². The molecule has 1 aromatic rings. The van der Waals surface area contributed by atoms with E-state index in [-0.39, 0.29) is 12.0 Å². The molecule has 6 nitrogen and oxygen atoms in total. The third-order valence-corrected chi connectivity index (χ3v) is 4.64. The van der Waals surface area contributed by atoms with Crippen LogP contribution in [0.3, 0.4) is 0 Å². The molecular weight excluding hydrogens is 308 g/mol. The number of hydrogen-bond acceptors (Lipinski definition) is 5. The Kier molecular flexibility index (Phi) is 5.26. The van der Waals surface area contributed by atoms with Gasteiger partial charge < -0.3 is 24.0 Å². The van der Waals surface area contributed by atoms with Crippen LogP contribution in [0.25, 0.3) is 0 Å². The molecule has 1 aliphatic heterocycles. The summed E-state index contributed by atoms with van der Waals surface area (Å²) >= 11 is 0. The lowest BCUT2D eigenvalue weighted by molar-refractivity contribution is -0.150. The van der Waals surface area contributed by atoms with Crippen LogP contribution in [0, 0.1) is 0 Å². The van der Waals surface area contributed by atoms with Crippen molar-refractivity contribution in [2.45, 2.75) is 31.5 Å². The SMILES string of the molecule is COc1ccc(OC)c(CN(C(=O)C2CN(C)CCO2)C2CC2)c1. The van der Waals surface area contributed by atoms with E-state index in [1.54, 1.807) is 14.2 Å². The van der Waals surface area contributed by atoms with Gasteiger partial charge in [-0.15, -0.1) is 0 Å². The molecule has 1 unspecified atom stereocenters. The van der Waals surface area contributed by atoms with Crippen molar-refractivity contribution in [2.75, 3.05) is 41.0 Å². The molecule has 132 valence electrons. The summed E-state index contributed by atoms with van der Waals surface area (Å²) < 4.78 is 16.5. The summed E-state index contributed by atoms with van der Waals surface area (Å²) in [7, 11) is 5.31. The van der Waals surface area contributed by atoms with Crippen LogP contribution in [-0.2, 0) is 16.1 Å². The van der Waals surface area contributed by atoms with Gasteiger partial charge in [0.05, 0.1) is 20.8 Å². The molecule has 6 heteroatoms. The Hall–Kier alpha value is -1.79. The zero-order valence-corrected chi connectivity index (χ0v) is 14.7. The van der Waals surface area contributed by atoms with Gasteiger partial charge in [-0.25, -0.2) is 0 Å². The summed E-state index contributed by atoms with van der Waals surface area (Å²) in [6.07, 6.45) is 1.74. The highest BCUT2D eigenvalue weighted by Crippen LogP contribution is 2.32. The fourth-order valence-corrected chi connectivity index (χ4v) is 3.07. The average molecular weight is 334 g/mol. The topological polar surface area (TPSA) is 51.2 Å². The number of morpholine rings is 1. The quantitative estimate of drug-likeness (QED) is 0.790. The number of benzene rings is 1. The first kappa shape index (κ1) is 17.0. The summed E-state index contributed by atoms with van der Waals surface area (Å²) in [6, 6.07) is 6.00. The summed E-state index contributed by atoms with van der Waals surface area (Å²) in [5.74, 6) is 1.62. The van der Waals surface area contributed by atoms with Crippen LogP contribution in [0.15, 0.2) is 18.2 Å². The number of amides is 1. The van der Waals surface area contributed by atoms with Gasteiger partial charge in [0.1, 0.15) is 17.6 Å². The zero-order valence-electron chi connectivity index (χ0n) is 14.7. The van der Waals surface area contributed by atoms with E-state index in [4.69, 9.17) is 14.2 Å². The molecule has 1 aliphatic carbocycles. The molecular formula is C18H26N2O4. The third-order valence-electron chi connectivity index (χ3n) is 4.64. The van der Waals surface area contributed by atoms with Crippen molar-refractivity contribution in [2.24, 2.45) is 0 Å². The number of rotatable bonds is 6. The second-order valence-corrected chi connectivity index (χ2v) is 6.50. The van der Waals surface area contributed by atoms with E-state index in [9.17, 15) is 4.79 Å². The van der Waals surface area contributed by atoms with Gasteiger partial charge in [0.25, 0.3) is 5.91 Å². The molecule has 0 bridgehead atoms. The van der Waals surface area contributed by atoms with E-state index in [0.717, 1.165) is 36.4 Å². The molecule has 2 fully saturated rings. The minimum Gasteiger partial charge on any atom is -0.497 e. The average Bonchev–Trinajstić information content (AvgIpc) is 3.43. The molecule has 0 spiro atoms. The molecule has 3 rings (SSSR count). The highest BCUT2D eigenvalue weighted by Gasteiger charge is 2.38. The normalized spacial score (nSPS) is 21.4. The summed E-state index contributed by atoms with van der Waals surface area (Å²) in [5.41, 5.74) is 0.960. The first-order valence-electron chi connectivity index (χ1n) is 8.44. The summed E-state index contributed by atoms with van der Waals surface area (Å²) in [6.45, 7) is 2.65. The Morgan fingerprint density at radius 3 is 2.75 bits per heavy atom. The van der Waals surface area contributed by atoms with Gasteiger partial charge in [-0.3, -0.25) is 4.79 Å². The number of ether oxygens (including phenoxy) is 3. The van der Waals surface area contributed by atoms with E-state index < -0.39 is 0 Å². The smallest absolute Gasteiger partial charge is 0.253 e. The minimum absolute atomic E-state index is 0.0777. The van der Waals surface area contributed by atoms with Crippen molar-refractivity contribution in [3.8, 4) is 11.5 Å². The van der Waals surface area contributed by atoms with E-state index in [1.807, 2.05) is 30.1 Å². The summed E-state index contributed by atoms with van der Waals surface area (Å²) in [4.78, 5) is 17.1. The van der Waals surface area contributed by atoms with Crippen LogP contribution < -0.4 is 9.47 Å². The molecule has 1 atom stereocenters. The van der Waals surface area contributed by atoms with Gasteiger partial charge in [0.15, 0.2) is 0 Å². The fraction of sp³-hybridized carbons (Fsp3) is 0.611. The highest BCUT2D eigenvalue weighted by atomic mass is 16.5. The van der Waals surface area contributed by atoms with Gasteiger partial charge in [-0.2, -0.15) is 0 Å². The summed E-state index contributed by atoms with van der Waals surface area (Å²) in [5, 5.41) is 0. The van der Waals surface area contributed by atoms with Crippen LogP contribution in [-0.4, -0.2) is 68.8 Å². The number of hydrogen-bond donors (Lipinski definition) is 0. The van der Waals surface area contributed by atoms with Gasteiger partial charge in [-0.1, -0.05) is 0 Å². The van der Waals surface area contributed by atoms with Crippen LogP contribution in [0.1, 0.15) is 18.4 Å². The molecule has 1 saturated heterocycles. The lowest BCUT2D eigenvalue weighted by Gasteiger charge is -2.33. The van der Waals surface area contributed by atoms with Crippen LogP contribution >= 0.6 is 0 Å². The van der Waals surface area contributed by atoms with Crippen molar-refractivity contribution < 1.29 is 19.0 Å². The lowest BCUT2D eigenvalue weighted by Crippen LogP contribution is -2.50. The van der Waals surface area contributed by atoms with E-state index >= 15 is 0 Å². The Balaban J connectivity index is 1.78. The first-order chi connectivity index (χ1) is 11.6.